The quantitative estimate of drug-likeness (QED) is 0.426. The highest BCUT2D eigenvalue weighted by atomic mass is 35.5. The molecular weight excluding hydrogens is 390 g/mol. The van der Waals surface area contributed by atoms with Gasteiger partial charge in [0.15, 0.2) is 17.6 Å². The summed E-state index contributed by atoms with van der Waals surface area (Å²) in [5.41, 5.74) is 0. The minimum Gasteiger partial charge on any atom is -0.486 e. The summed E-state index contributed by atoms with van der Waals surface area (Å²) in [6.07, 6.45) is 10.5. The lowest BCUT2D eigenvalue weighted by atomic mass is 10.1. The van der Waals surface area contributed by atoms with E-state index >= 15 is 0 Å². The molecule has 1 unspecified atom stereocenters. The van der Waals surface area contributed by atoms with Gasteiger partial charge in [-0.15, -0.1) is 12.4 Å². The molecule has 5 nitrogen and oxygen atoms in total. The molecule has 0 aromatic heterocycles. The van der Waals surface area contributed by atoms with Crippen molar-refractivity contribution in [3.63, 3.8) is 0 Å². The van der Waals surface area contributed by atoms with Crippen LogP contribution < -0.4 is 9.47 Å². The van der Waals surface area contributed by atoms with Crippen LogP contribution in [0.2, 0.25) is 0 Å². The van der Waals surface area contributed by atoms with Gasteiger partial charge in [-0.1, -0.05) is 50.7 Å². The van der Waals surface area contributed by atoms with E-state index in [1.165, 1.54) is 51.5 Å². The maximum atomic E-state index is 5.90. The van der Waals surface area contributed by atoms with Gasteiger partial charge in [-0.2, -0.15) is 0 Å². The van der Waals surface area contributed by atoms with E-state index in [4.69, 9.17) is 18.9 Å². The van der Waals surface area contributed by atoms with Gasteiger partial charge in [0.25, 0.3) is 0 Å². The summed E-state index contributed by atoms with van der Waals surface area (Å²) in [4.78, 5) is 2.53. The molecule has 29 heavy (non-hydrogen) atoms. The number of morpholine rings is 1. The number of benzene rings is 1. The molecule has 1 atom stereocenters. The van der Waals surface area contributed by atoms with Gasteiger partial charge in [0.05, 0.1) is 19.8 Å². The SMILES string of the molecule is Cl.c1ccc2c(c1)OCC(COCCCCCCCCCCN1CCOCC1)O2. The van der Waals surface area contributed by atoms with Crippen LogP contribution >= 0.6 is 12.4 Å². The van der Waals surface area contributed by atoms with Crippen LogP contribution in [0.4, 0.5) is 0 Å². The van der Waals surface area contributed by atoms with Crippen LogP contribution in [-0.2, 0) is 9.47 Å². The summed E-state index contributed by atoms with van der Waals surface area (Å²) in [6.45, 7) is 7.33. The predicted octanol–water partition coefficient (Wildman–Crippen LogP) is 4.72. The first-order chi connectivity index (χ1) is 13.9. The molecule has 2 heterocycles. The minimum atomic E-state index is 0. The highest BCUT2D eigenvalue weighted by molar-refractivity contribution is 5.85. The molecule has 0 aliphatic carbocycles. The van der Waals surface area contributed by atoms with Gasteiger partial charge in [0, 0.05) is 19.7 Å². The molecule has 1 fully saturated rings. The normalized spacial score (nSPS) is 19.0. The van der Waals surface area contributed by atoms with Gasteiger partial charge >= 0.3 is 0 Å². The van der Waals surface area contributed by atoms with Crippen LogP contribution in [-0.4, -0.2) is 63.7 Å². The van der Waals surface area contributed by atoms with Crippen LogP contribution in [0.3, 0.4) is 0 Å². The monoisotopic (exact) mass is 427 g/mol. The maximum Gasteiger partial charge on any atom is 0.161 e. The number of hydrogen-bond acceptors (Lipinski definition) is 5. The summed E-state index contributed by atoms with van der Waals surface area (Å²) in [5, 5.41) is 0. The Kier molecular flexibility index (Phi) is 12.5. The number of fused-ring (bicyclic) bond motifs is 1. The Hall–Kier alpha value is -1.01. The van der Waals surface area contributed by atoms with Crippen molar-refractivity contribution in [3.05, 3.63) is 24.3 Å². The molecule has 0 amide bonds. The Morgan fingerprint density at radius 3 is 2.28 bits per heavy atom. The standard InChI is InChI=1S/C23H37NO4.ClH/c1(3-5-9-13-24-14-17-25-18-15-24)2-4-6-10-16-26-19-21-20-27-22-11-7-8-12-23(22)28-21;/h7-8,11-12,21H,1-6,9-10,13-20H2;1H. The third-order valence-electron chi connectivity index (χ3n) is 5.49. The Morgan fingerprint density at radius 2 is 1.52 bits per heavy atom. The average Bonchev–Trinajstić information content (AvgIpc) is 2.75. The van der Waals surface area contributed by atoms with Crippen LogP contribution in [0.25, 0.3) is 0 Å². The van der Waals surface area contributed by atoms with Gasteiger partial charge in [-0.05, 0) is 31.5 Å². The van der Waals surface area contributed by atoms with Crippen molar-refractivity contribution < 1.29 is 18.9 Å². The van der Waals surface area contributed by atoms with Crippen LogP contribution in [0.5, 0.6) is 11.5 Å². The minimum absolute atomic E-state index is 0. The van der Waals surface area contributed by atoms with E-state index in [9.17, 15) is 0 Å². The van der Waals surface area contributed by atoms with Crippen molar-refractivity contribution in [2.24, 2.45) is 0 Å². The molecule has 0 spiro atoms. The molecule has 3 rings (SSSR count). The van der Waals surface area contributed by atoms with Gasteiger partial charge in [-0.25, -0.2) is 0 Å². The number of unbranched alkanes of at least 4 members (excludes halogenated alkanes) is 7. The maximum absolute atomic E-state index is 5.90. The van der Waals surface area contributed by atoms with Gasteiger partial charge in [-0.3, -0.25) is 4.90 Å². The van der Waals surface area contributed by atoms with E-state index in [1.807, 2.05) is 24.3 Å². The lowest BCUT2D eigenvalue weighted by Gasteiger charge is -2.26. The van der Waals surface area contributed by atoms with E-state index < -0.39 is 0 Å². The van der Waals surface area contributed by atoms with Crippen molar-refractivity contribution in [1.29, 1.82) is 0 Å². The van der Waals surface area contributed by atoms with Crippen LogP contribution in [0.1, 0.15) is 51.4 Å². The molecule has 0 radical (unpaired) electrons. The first-order valence-corrected chi connectivity index (χ1v) is 11.2. The second-order valence-corrected chi connectivity index (χ2v) is 7.85. The number of ether oxygens (including phenoxy) is 4. The summed E-state index contributed by atoms with van der Waals surface area (Å²) in [6, 6.07) is 7.82. The smallest absolute Gasteiger partial charge is 0.161 e. The molecule has 166 valence electrons. The number of para-hydroxylation sites is 2. The van der Waals surface area contributed by atoms with E-state index in [0.29, 0.717) is 13.2 Å². The third kappa shape index (κ3) is 9.56. The van der Waals surface area contributed by atoms with Crippen molar-refractivity contribution in [1.82, 2.24) is 4.90 Å². The van der Waals surface area contributed by atoms with E-state index in [0.717, 1.165) is 50.8 Å². The summed E-state index contributed by atoms with van der Waals surface area (Å²) >= 11 is 0. The van der Waals surface area contributed by atoms with E-state index in [-0.39, 0.29) is 18.5 Å². The summed E-state index contributed by atoms with van der Waals surface area (Å²) in [7, 11) is 0. The summed E-state index contributed by atoms with van der Waals surface area (Å²) < 4.78 is 22.8. The van der Waals surface area contributed by atoms with Crippen molar-refractivity contribution in [3.8, 4) is 11.5 Å². The lowest BCUT2D eigenvalue weighted by molar-refractivity contribution is 0.00778. The molecule has 1 aromatic carbocycles. The molecule has 0 bridgehead atoms. The van der Waals surface area contributed by atoms with Gasteiger partial charge in [0.1, 0.15) is 6.61 Å². The number of nitrogens with zero attached hydrogens (tertiary/aromatic N) is 1. The topological polar surface area (TPSA) is 40.2 Å². The summed E-state index contributed by atoms with van der Waals surface area (Å²) in [5.74, 6) is 1.66. The molecule has 2 aliphatic rings. The van der Waals surface area contributed by atoms with Crippen LogP contribution in [0.15, 0.2) is 24.3 Å². The Bertz CT molecular complexity index is 539. The van der Waals surface area contributed by atoms with Crippen molar-refractivity contribution >= 4 is 12.4 Å². The number of hydrogen-bond donors (Lipinski definition) is 0. The molecule has 0 saturated carbocycles. The lowest BCUT2D eigenvalue weighted by Crippen LogP contribution is -2.36. The second kappa shape index (κ2) is 14.9. The number of halogens is 1. The van der Waals surface area contributed by atoms with Crippen molar-refractivity contribution in [2.45, 2.75) is 57.5 Å². The molecule has 6 heteroatoms. The molecule has 1 aromatic rings. The second-order valence-electron chi connectivity index (χ2n) is 7.85. The molecule has 2 aliphatic heterocycles. The van der Waals surface area contributed by atoms with Crippen LogP contribution in [0, 0.1) is 0 Å². The zero-order valence-corrected chi connectivity index (χ0v) is 18.5. The molecule has 1 saturated heterocycles. The fraction of sp³-hybridized carbons (Fsp3) is 0.739. The Labute approximate surface area is 182 Å². The average molecular weight is 428 g/mol. The first-order valence-electron chi connectivity index (χ1n) is 11.2. The fourth-order valence-corrected chi connectivity index (χ4v) is 3.78. The largest absolute Gasteiger partial charge is 0.486 e. The highest BCUT2D eigenvalue weighted by Crippen LogP contribution is 2.30. The third-order valence-corrected chi connectivity index (χ3v) is 5.49. The molecule has 0 N–H and O–H groups in total. The Morgan fingerprint density at radius 1 is 0.862 bits per heavy atom. The molecular formula is C23H38ClNO4. The zero-order chi connectivity index (χ0) is 19.3. The fourth-order valence-electron chi connectivity index (χ4n) is 3.78. The van der Waals surface area contributed by atoms with E-state index in [2.05, 4.69) is 4.90 Å². The van der Waals surface area contributed by atoms with Gasteiger partial charge < -0.3 is 18.9 Å². The van der Waals surface area contributed by atoms with Crippen molar-refractivity contribution in [2.75, 3.05) is 52.7 Å². The number of rotatable bonds is 13. The highest BCUT2D eigenvalue weighted by Gasteiger charge is 2.20. The first kappa shape index (κ1) is 24.3. The zero-order valence-electron chi connectivity index (χ0n) is 17.7. The van der Waals surface area contributed by atoms with E-state index in [1.54, 1.807) is 0 Å². The van der Waals surface area contributed by atoms with Gasteiger partial charge in [0.2, 0.25) is 0 Å². The predicted molar refractivity (Wildman–Crippen MR) is 119 cm³/mol. The Balaban J connectivity index is 0.00000300.